The molecule has 0 heterocycles. The van der Waals surface area contributed by atoms with Gasteiger partial charge in [0, 0.05) is 25.2 Å². The van der Waals surface area contributed by atoms with Gasteiger partial charge in [-0.05, 0) is 51.9 Å². The van der Waals surface area contributed by atoms with Crippen LogP contribution in [-0.4, -0.2) is 39.3 Å². The largest absolute Gasteiger partial charge is 0.344 e. The van der Waals surface area contributed by atoms with Crippen molar-refractivity contribution in [3.8, 4) is 12.1 Å². The summed E-state index contributed by atoms with van der Waals surface area (Å²) in [6.07, 6.45) is 4.76. The summed E-state index contributed by atoms with van der Waals surface area (Å²) in [5.74, 6) is 0. The van der Waals surface area contributed by atoms with E-state index in [2.05, 4.69) is 47.2 Å². The molecule has 4 N–H and O–H groups in total. The monoisotopic (exact) mass is 254 g/mol. The molecule has 0 aliphatic carbocycles. The molecule has 4 nitrogen and oxygen atoms in total. The smallest absolute Gasteiger partial charge is 0.0276 e. The second kappa shape index (κ2) is 16.1. The lowest BCUT2D eigenvalue weighted by Crippen LogP contribution is -2.17. The lowest BCUT2D eigenvalue weighted by molar-refractivity contribution is 0.627. The van der Waals surface area contributed by atoms with Crippen LogP contribution in [0.15, 0.2) is 0 Å². The Balaban J connectivity index is 3.05. The van der Waals surface area contributed by atoms with Crippen molar-refractivity contribution >= 4 is 0 Å². The van der Waals surface area contributed by atoms with E-state index in [-0.39, 0.29) is 0 Å². The molecule has 0 rings (SSSR count). The van der Waals surface area contributed by atoms with Crippen molar-refractivity contribution in [3.63, 3.8) is 0 Å². The number of hydrogen-bond donors (Lipinski definition) is 4. The molecule has 4 heteroatoms. The maximum atomic E-state index is 3.31. The first-order valence-corrected chi connectivity index (χ1v) is 7.29. The molecule has 0 aromatic carbocycles. The number of unbranched alkanes of at least 4 members (excludes halogenated alkanes) is 2. The van der Waals surface area contributed by atoms with Gasteiger partial charge in [-0.3, -0.25) is 0 Å². The van der Waals surface area contributed by atoms with Gasteiger partial charge in [-0.15, -0.1) is 0 Å². The Labute approximate surface area is 113 Å². The van der Waals surface area contributed by atoms with E-state index in [0.717, 1.165) is 39.3 Å². The average Bonchev–Trinajstić information content (AvgIpc) is 2.39. The summed E-state index contributed by atoms with van der Waals surface area (Å²) in [6, 6.07) is 5.86. The zero-order valence-corrected chi connectivity index (χ0v) is 12.1. The summed E-state index contributed by atoms with van der Waals surface area (Å²) < 4.78 is 0. The normalized spacial score (nSPS) is 9.67. The van der Waals surface area contributed by atoms with Gasteiger partial charge in [-0.2, -0.15) is 0 Å². The van der Waals surface area contributed by atoms with Crippen molar-refractivity contribution in [2.45, 2.75) is 39.5 Å². The fourth-order valence-corrected chi connectivity index (χ4v) is 1.49. The summed E-state index contributed by atoms with van der Waals surface area (Å²) in [4.78, 5) is 0. The predicted octanol–water partition coefficient (Wildman–Crippen LogP) is 0.863. The van der Waals surface area contributed by atoms with Crippen molar-refractivity contribution < 1.29 is 0 Å². The summed E-state index contributed by atoms with van der Waals surface area (Å²) in [7, 11) is 0. The van der Waals surface area contributed by atoms with Crippen LogP contribution in [0.25, 0.3) is 0 Å². The van der Waals surface area contributed by atoms with Gasteiger partial charge in [0.15, 0.2) is 0 Å². The zero-order valence-electron chi connectivity index (χ0n) is 12.1. The Morgan fingerprint density at radius 1 is 0.611 bits per heavy atom. The maximum Gasteiger partial charge on any atom is 0.0276 e. The average molecular weight is 254 g/mol. The van der Waals surface area contributed by atoms with Gasteiger partial charge in [0.25, 0.3) is 0 Å². The quantitative estimate of drug-likeness (QED) is 0.237. The lowest BCUT2D eigenvalue weighted by Gasteiger charge is -2.01. The van der Waals surface area contributed by atoms with Crippen molar-refractivity contribution in [2.24, 2.45) is 0 Å². The minimum absolute atomic E-state index is 0.973. The lowest BCUT2D eigenvalue weighted by atomic mass is 10.3. The van der Waals surface area contributed by atoms with Gasteiger partial charge < -0.3 is 21.3 Å². The third-order valence-electron chi connectivity index (χ3n) is 2.55. The van der Waals surface area contributed by atoms with E-state index in [1.807, 2.05) is 0 Å². The fraction of sp³-hybridized carbons (Fsp3) is 0.857. The van der Waals surface area contributed by atoms with Crippen LogP contribution in [0.1, 0.15) is 39.5 Å². The van der Waals surface area contributed by atoms with E-state index in [1.54, 1.807) is 0 Å². The Bertz CT molecular complexity index is 188. The van der Waals surface area contributed by atoms with Crippen molar-refractivity contribution in [2.75, 3.05) is 39.3 Å². The zero-order chi connectivity index (χ0) is 13.3. The number of nitrogens with one attached hydrogen (secondary N) is 4. The van der Waals surface area contributed by atoms with Gasteiger partial charge in [0.2, 0.25) is 0 Å². The maximum absolute atomic E-state index is 3.31. The highest BCUT2D eigenvalue weighted by Gasteiger charge is 1.86. The molecule has 0 saturated carbocycles. The van der Waals surface area contributed by atoms with Crippen LogP contribution in [-0.2, 0) is 0 Å². The minimum Gasteiger partial charge on any atom is -0.344 e. The van der Waals surface area contributed by atoms with E-state index in [9.17, 15) is 0 Å². The Morgan fingerprint density at radius 2 is 1.00 bits per heavy atom. The van der Waals surface area contributed by atoms with Crippen LogP contribution < -0.4 is 21.3 Å². The van der Waals surface area contributed by atoms with Crippen molar-refractivity contribution in [1.82, 2.24) is 21.3 Å². The van der Waals surface area contributed by atoms with E-state index in [4.69, 9.17) is 0 Å². The third-order valence-corrected chi connectivity index (χ3v) is 2.55. The predicted molar refractivity (Wildman–Crippen MR) is 79.3 cm³/mol. The van der Waals surface area contributed by atoms with Crippen LogP contribution in [0.3, 0.4) is 0 Å². The van der Waals surface area contributed by atoms with Crippen molar-refractivity contribution in [3.05, 3.63) is 0 Å². The Kier molecular flexibility index (Phi) is 15.3. The first-order chi connectivity index (χ1) is 8.91. The first kappa shape index (κ1) is 17.1. The Morgan fingerprint density at radius 3 is 1.39 bits per heavy atom. The highest BCUT2D eigenvalue weighted by molar-refractivity contribution is 4.93. The molecule has 0 atom stereocenters. The minimum atomic E-state index is 0.973. The molecule has 0 amide bonds. The second-order valence-corrected chi connectivity index (χ2v) is 4.22. The van der Waals surface area contributed by atoms with Gasteiger partial charge >= 0.3 is 0 Å². The molecular weight excluding hydrogens is 224 g/mol. The fourth-order valence-electron chi connectivity index (χ4n) is 1.49. The summed E-state index contributed by atoms with van der Waals surface area (Å²) in [5, 5.41) is 12.8. The van der Waals surface area contributed by atoms with Crippen LogP contribution >= 0.6 is 0 Å². The molecule has 0 aliphatic rings. The molecule has 0 unspecified atom stereocenters. The van der Waals surface area contributed by atoms with Crippen LogP contribution in [0.5, 0.6) is 0 Å². The molecular formula is C14H30N4. The van der Waals surface area contributed by atoms with Gasteiger partial charge in [-0.25, -0.2) is 0 Å². The first-order valence-electron chi connectivity index (χ1n) is 7.29. The third kappa shape index (κ3) is 15.1. The molecule has 0 aromatic heterocycles. The van der Waals surface area contributed by atoms with E-state index >= 15 is 0 Å². The van der Waals surface area contributed by atoms with Crippen molar-refractivity contribution in [1.29, 1.82) is 0 Å². The van der Waals surface area contributed by atoms with E-state index in [0.29, 0.717) is 0 Å². The number of rotatable bonds is 12. The Hall–Kier alpha value is -0.920. The van der Waals surface area contributed by atoms with E-state index < -0.39 is 0 Å². The summed E-state index contributed by atoms with van der Waals surface area (Å²) >= 11 is 0. The van der Waals surface area contributed by atoms with Crippen LogP contribution in [0, 0.1) is 12.1 Å². The van der Waals surface area contributed by atoms with Gasteiger partial charge in [0.05, 0.1) is 0 Å². The molecule has 106 valence electrons. The number of hydrogen-bond acceptors (Lipinski definition) is 4. The van der Waals surface area contributed by atoms with E-state index in [1.165, 1.54) is 25.7 Å². The SMILES string of the molecule is CCNCCCCNC#CNCCCCNCC. The van der Waals surface area contributed by atoms with Gasteiger partial charge in [-0.1, -0.05) is 13.8 Å². The molecule has 0 fully saturated rings. The molecule has 0 aromatic rings. The molecule has 0 bridgehead atoms. The second-order valence-electron chi connectivity index (χ2n) is 4.22. The summed E-state index contributed by atoms with van der Waals surface area (Å²) in [5.41, 5.74) is 0. The van der Waals surface area contributed by atoms with Crippen LogP contribution in [0.2, 0.25) is 0 Å². The summed E-state index contributed by atoms with van der Waals surface area (Å²) in [6.45, 7) is 10.5. The molecule has 0 radical (unpaired) electrons. The standard InChI is InChI=1S/C14H30N4/c1-3-15-9-5-7-11-17-13-14-18-12-8-6-10-16-4-2/h15-18H,3-12H2,1-2H3. The molecule has 0 saturated heterocycles. The molecule has 18 heavy (non-hydrogen) atoms. The van der Waals surface area contributed by atoms with Gasteiger partial charge in [0.1, 0.15) is 0 Å². The topological polar surface area (TPSA) is 48.1 Å². The highest BCUT2D eigenvalue weighted by atomic mass is 14.9. The molecule has 0 spiro atoms. The molecule has 0 aliphatic heterocycles. The van der Waals surface area contributed by atoms with Crippen LogP contribution in [0.4, 0.5) is 0 Å². The highest BCUT2D eigenvalue weighted by Crippen LogP contribution is 1.84.